The van der Waals surface area contributed by atoms with Crippen LogP contribution in [0.5, 0.6) is 0 Å². The van der Waals surface area contributed by atoms with Crippen molar-refractivity contribution in [1.82, 2.24) is 5.32 Å². The summed E-state index contributed by atoms with van der Waals surface area (Å²) in [5.74, 6) is -2.20. The number of nitrogens with zero attached hydrogens (tertiary/aromatic N) is 1. The molecule has 0 saturated carbocycles. The number of esters is 1. The Morgan fingerprint density at radius 3 is 2.19 bits per heavy atom. The highest BCUT2D eigenvalue weighted by Crippen LogP contribution is 2.18. The van der Waals surface area contributed by atoms with Crippen molar-refractivity contribution in [1.29, 1.82) is 0 Å². The van der Waals surface area contributed by atoms with Crippen LogP contribution in [0.25, 0.3) is 0 Å². The summed E-state index contributed by atoms with van der Waals surface area (Å²) in [5.41, 5.74) is 1.20. The molecule has 3 aromatic carbocycles. The fourth-order valence-electron chi connectivity index (χ4n) is 2.89. The maximum Gasteiger partial charge on any atom is 0.339 e. The number of carbonyl (C=O) groups is 3. The van der Waals surface area contributed by atoms with E-state index in [1.165, 1.54) is 23.1 Å². The number of anilines is 1. The van der Waals surface area contributed by atoms with Gasteiger partial charge in [0.05, 0.1) is 11.1 Å². The van der Waals surface area contributed by atoms with Gasteiger partial charge in [-0.15, -0.1) is 0 Å². The average Bonchev–Trinajstić information content (AvgIpc) is 2.81. The Kier molecular flexibility index (Phi) is 7.11. The summed E-state index contributed by atoms with van der Waals surface area (Å²) < 4.78 is 18.7. The van der Waals surface area contributed by atoms with E-state index in [1.54, 1.807) is 61.6 Å². The fourth-order valence-corrected chi connectivity index (χ4v) is 2.89. The first-order valence-electron chi connectivity index (χ1n) is 9.56. The van der Waals surface area contributed by atoms with Gasteiger partial charge in [-0.2, -0.15) is 0 Å². The highest BCUT2D eigenvalue weighted by atomic mass is 19.1. The second-order valence-corrected chi connectivity index (χ2v) is 6.69. The third kappa shape index (κ3) is 5.54. The summed E-state index contributed by atoms with van der Waals surface area (Å²) in [6.45, 7) is -0.579. The van der Waals surface area contributed by atoms with E-state index >= 15 is 0 Å². The molecule has 0 aromatic heterocycles. The van der Waals surface area contributed by atoms with E-state index in [0.29, 0.717) is 11.3 Å². The number of hydrogen-bond acceptors (Lipinski definition) is 4. The zero-order valence-corrected chi connectivity index (χ0v) is 16.9. The molecule has 0 aliphatic heterocycles. The van der Waals surface area contributed by atoms with E-state index < -0.39 is 24.3 Å². The van der Waals surface area contributed by atoms with Gasteiger partial charge < -0.3 is 15.0 Å². The predicted octanol–water partition coefficient (Wildman–Crippen LogP) is 3.58. The van der Waals surface area contributed by atoms with Crippen LogP contribution < -0.4 is 10.2 Å². The van der Waals surface area contributed by atoms with Gasteiger partial charge in [-0.1, -0.05) is 48.5 Å². The monoisotopic (exact) mass is 420 g/mol. The Bertz CT molecular complexity index is 1090. The number of para-hydroxylation sites is 1. The summed E-state index contributed by atoms with van der Waals surface area (Å²) in [6.07, 6.45) is 0. The van der Waals surface area contributed by atoms with Crippen molar-refractivity contribution in [3.63, 3.8) is 0 Å². The lowest BCUT2D eigenvalue weighted by Gasteiger charge is -2.18. The molecule has 0 spiro atoms. The van der Waals surface area contributed by atoms with E-state index in [4.69, 9.17) is 4.74 Å². The maximum absolute atomic E-state index is 13.6. The third-order valence-electron chi connectivity index (χ3n) is 4.59. The highest BCUT2D eigenvalue weighted by molar-refractivity contribution is 6.12. The summed E-state index contributed by atoms with van der Waals surface area (Å²) in [6, 6.07) is 21.3. The van der Waals surface area contributed by atoms with Crippen molar-refractivity contribution < 1.29 is 23.5 Å². The molecule has 3 aromatic rings. The first kappa shape index (κ1) is 21.7. The molecule has 0 heterocycles. The molecule has 6 nitrogen and oxygen atoms in total. The summed E-state index contributed by atoms with van der Waals surface area (Å²) in [5, 5.41) is 2.49. The molecule has 0 bridgehead atoms. The molecule has 0 saturated heterocycles. The number of nitrogens with one attached hydrogen (secondary N) is 1. The molecular weight excluding hydrogens is 399 g/mol. The molecule has 0 aliphatic carbocycles. The number of ether oxygens (including phenoxy) is 1. The summed E-state index contributed by atoms with van der Waals surface area (Å²) in [4.78, 5) is 38.8. The van der Waals surface area contributed by atoms with Crippen LogP contribution in [-0.4, -0.2) is 31.4 Å². The normalized spacial score (nSPS) is 10.3. The van der Waals surface area contributed by atoms with E-state index in [1.807, 2.05) is 6.07 Å². The van der Waals surface area contributed by atoms with Crippen molar-refractivity contribution in [2.45, 2.75) is 6.54 Å². The Labute approximate surface area is 179 Å². The lowest BCUT2D eigenvalue weighted by atomic mass is 10.1. The van der Waals surface area contributed by atoms with Crippen LogP contribution in [0.4, 0.5) is 10.1 Å². The quantitative estimate of drug-likeness (QED) is 0.593. The van der Waals surface area contributed by atoms with Crippen molar-refractivity contribution in [3.05, 3.63) is 101 Å². The van der Waals surface area contributed by atoms with E-state index in [0.717, 1.165) is 0 Å². The second-order valence-electron chi connectivity index (χ2n) is 6.69. The lowest BCUT2D eigenvalue weighted by molar-refractivity contribution is -0.124. The smallest absolute Gasteiger partial charge is 0.339 e. The van der Waals surface area contributed by atoms with E-state index in [2.05, 4.69) is 5.32 Å². The van der Waals surface area contributed by atoms with Crippen molar-refractivity contribution in [2.24, 2.45) is 0 Å². The Morgan fingerprint density at radius 2 is 1.48 bits per heavy atom. The van der Waals surface area contributed by atoms with Gasteiger partial charge in [0, 0.05) is 24.8 Å². The Morgan fingerprint density at radius 1 is 0.871 bits per heavy atom. The molecule has 0 unspecified atom stereocenters. The molecule has 2 amide bonds. The number of hydrogen-bond donors (Lipinski definition) is 1. The highest BCUT2D eigenvalue weighted by Gasteiger charge is 2.22. The number of amides is 2. The van der Waals surface area contributed by atoms with Gasteiger partial charge in [0.15, 0.2) is 6.61 Å². The Balaban J connectivity index is 1.62. The molecule has 0 atom stereocenters. The number of benzene rings is 3. The van der Waals surface area contributed by atoms with E-state index in [-0.39, 0.29) is 23.6 Å². The average molecular weight is 420 g/mol. The zero-order chi connectivity index (χ0) is 22.2. The molecule has 7 heteroatoms. The van der Waals surface area contributed by atoms with Crippen LogP contribution in [0, 0.1) is 5.82 Å². The van der Waals surface area contributed by atoms with Gasteiger partial charge in [0.1, 0.15) is 5.82 Å². The minimum atomic E-state index is -0.800. The van der Waals surface area contributed by atoms with Gasteiger partial charge in [-0.05, 0) is 30.3 Å². The number of halogens is 1. The zero-order valence-electron chi connectivity index (χ0n) is 16.9. The third-order valence-corrected chi connectivity index (χ3v) is 4.59. The minimum Gasteiger partial charge on any atom is -0.452 e. The second kappa shape index (κ2) is 10.2. The minimum absolute atomic E-state index is 0.0278. The van der Waals surface area contributed by atoms with Crippen LogP contribution in [0.3, 0.4) is 0 Å². The van der Waals surface area contributed by atoms with Crippen molar-refractivity contribution >= 4 is 23.5 Å². The topological polar surface area (TPSA) is 75.7 Å². The van der Waals surface area contributed by atoms with Gasteiger partial charge in [-0.25, -0.2) is 9.18 Å². The molecular formula is C24H21FN2O4. The summed E-state index contributed by atoms with van der Waals surface area (Å²) >= 11 is 0. The van der Waals surface area contributed by atoms with Crippen LogP contribution in [0.15, 0.2) is 78.9 Å². The molecule has 158 valence electrons. The van der Waals surface area contributed by atoms with Crippen LogP contribution in [-0.2, 0) is 16.1 Å². The van der Waals surface area contributed by atoms with Gasteiger partial charge >= 0.3 is 5.97 Å². The lowest BCUT2D eigenvalue weighted by Crippen LogP contribution is -2.30. The molecule has 0 aliphatic rings. The standard InChI is InChI=1S/C24H21FN2O4/c1-27(18-10-3-2-4-11-18)23(29)19-12-6-7-13-20(19)24(30)31-16-22(28)26-15-17-9-5-8-14-21(17)25/h2-14H,15-16H2,1H3,(H,26,28). The Hall–Kier alpha value is -4.00. The number of carbonyl (C=O) groups excluding carboxylic acids is 3. The molecule has 1 N–H and O–H groups in total. The molecule has 31 heavy (non-hydrogen) atoms. The maximum atomic E-state index is 13.6. The first-order chi connectivity index (χ1) is 15.0. The van der Waals surface area contributed by atoms with Crippen molar-refractivity contribution in [3.8, 4) is 0 Å². The van der Waals surface area contributed by atoms with Crippen LogP contribution >= 0.6 is 0 Å². The first-order valence-corrected chi connectivity index (χ1v) is 9.56. The molecule has 0 fully saturated rings. The van der Waals surface area contributed by atoms with E-state index in [9.17, 15) is 18.8 Å². The van der Waals surface area contributed by atoms with Crippen LogP contribution in [0.1, 0.15) is 26.3 Å². The SMILES string of the molecule is CN(C(=O)c1ccccc1C(=O)OCC(=O)NCc1ccccc1F)c1ccccc1. The van der Waals surface area contributed by atoms with Gasteiger partial charge in [0.2, 0.25) is 0 Å². The predicted molar refractivity (Wildman–Crippen MR) is 114 cm³/mol. The van der Waals surface area contributed by atoms with Gasteiger partial charge in [-0.3, -0.25) is 9.59 Å². The molecule has 0 radical (unpaired) electrons. The molecule has 3 rings (SSSR count). The van der Waals surface area contributed by atoms with Crippen LogP contribution in [0.2, 0.25) is 0 Å². The fraction of sp³-hybridized carbons (Fsp3) is 0.125. The number of rotatable bonds is 7. The van der Waals surface area contributed by atoms with Gasteiger partial charge in [0.25, 0.3) is 11.8 Å². The largest absolute Gasteiger partial charge is 0.452 e. The summed E-state index contributed by atoms with van der Waals surface area (Å²) in [7, 11) is 1.61. The van der Waals surface area contributed by atoms with Crippen molar-refractivity contribution in [2.75, 3.05) is 18.6 Å².